The van der Waals surface area contributed by atoms with Crippen LogP contribution in [0.1, 0.15) is 33.3 Å². The van der Waals surface area contributed by atoms with Crippen molar-refractivity contribution in [1.29, 1.82) is 0 Å². The molecule has 0 aliphatic carbocycles. The lowest BCUT2D eigenvalue weighted by Crippen LogP contribution is -2.41. The Labute approximate surface area is 142 Å². The van der Waals surface area contributed by atoms with E-state index in [-0.39, 0.29) is 13.1 Å². The molecule has 24 heavy (non-hydrogen) atoms. The van der Waals surface area contributed by atoms with Crippen molar-refractivity contribution in [2.45, 2.75) is 45.4 Å². The Morgan fingerprint density at radius 2 is 1.83 bits per heavy atom. The number of nitrogens with zero attached hydrogens (tertiary/aromatic N) is 1. The van der Waals surface area contributed by atoms with Crippen LogP contribution in [-0.2, 0) is 30.9 Å². The Kier molecular flexibility index (Phi) is 4.03. The van der Waals surface area contributed by atoms with E-state index < -0.39 is 34.4 Å². The highest BCUT2D eigenvalue weighted by molar-refractivity contribution is 7.88. The Bertz CT molecular complexity index is 762. The van der Waals surface area contributed by atoms with Gasteiger partial charge in [-0.2, -0.15) is 12.7 Å². The highest BCUT2D eigenvalue weighted by Gasteiger charge is 2.51. The first-order valence-corrected chi connectivity index (χ1v) is 9.19. The van der Waals surface area contributed by atoms with Gasteiger partial charge in [0, 0.05) is 6.54 Å². The van der Waals surface area contributed by atoms with Crippen LogP contribution in [0.4, 0.5) is 0 Å². The third-order valence-electron chi connectivity index (χ3n) is 4.74. The summed E-state index contributed by atoms with van der Waals surface area (Å²) in [5.41, 5.74) is 0.703. The number of nitrogens with one attached hydrogen (secondary N) is 1. The first kappa shape index (κ1) is 17.4. The van der Waals surface area contributed by atoms with Gasteiger partial charge in [-0.3, -0.25) is 4.79 Å². The molecule has 0 atom stereocenters. The van der Waals surface area contributed by atoms with Gasteiger partial charge in [-0.1, -0.05) is 24.3 Å². The van der Waals surface area contributed by atoms with Crippen LogP contribution in [0.2, 0.25) is 0 Å². The molecule has 2 saturated heterocycles. The highest BCUT2D eigenvalue weighted by Crippen LogP contribution is 2.36. The van der Waals surface area contributed by atoms with E-state index in [0.717, 1.165) is 15.3 Å². The summed E-state index contributed by atoms with van der Waals surface area (Å²) in [7, 11) is -4.24. The zero-order valence-corrected chi connectivity index (χ0v) is 15.0. The van der Waals surface area contributed by atoms with Gasteiger partial charge < -0.3 is 9.31 Å². The number of carbonyl (C=O) groups is 1. The monoisotopic (exact) mass is 352 g/mol. The number of hydrogen-bond acceptors (Lipinski definition) is 5. The third-order valence-corrected chi connectivity index (χ3v) is 6.16. The minimum absolute atomic E-state index is 0.119. The van der Waals surface area contributed by atoms with Crippen molar-refractivity contribution in [2.24, 2.45) is 0 Å². The van der Waals surface area contributed by atoms with Gasteiger partial charge in [-0.25, -0.2) is 4.72 Å². The molecule has 0 saturated carbocycles. The van der Waals surface area contributed by atoms with Gasteiger partial charge in [0.2, 0.25) is 5.91 Å². The Balaban J connectivity index is 1.80. The number of benzene rings is 1. The summed E-state index contributed by atoms with van der Waals surface area (Å²) in [6.07, 6.45) is 0. The first-order valence-electron chi connectivity index (χ1n) is 7.75. The summed E-state index contributed by atoms with van der Waals surface area (Å²) >= 11 is 0. The van der Waals surface area contributed by atoms with E-state index >= 15 is 0 Å². The second-order valence-electron chi connectivity index (χ2n) is 7.13. The zero-order chi connectivity index (χ0) is 17.8. The van der Waals surface area contributed by atoms with Crippen LogP contribution in [-0.4, -0.2) is 43.5 Å². The zero-order valence-electron chi connectivity index (χ0n) is 14.2. The summed E-state index contributed by atoms with van der Waals surface area (Å²) < 4.78 is 38.8. The number of rotatable bonds is 3. The Morgan fingerprint density at radius 1 is 1.21 bits per heavy atom. The van der Waals surface area contributed by atoms with Crippen molar-refractivity contribution in [3.63, 3.8) is 0 Å². The van der Waals surface area contributed by atoms with Crippen LogP contribution >= 0.6 is 0 Å². The molecule has 1 aromatic carbocycles. The van der Waals surface area contributed by atoms with Crippen LogP contribution in [0.5, 0.6) is 0 Å². The van der Waals surface area contributed by atoms with Gasteiger partial charge in [0.15, 0.2) is 0 Å². The molecule has 1 aromatic rings. The lowest BCUT2D eigenvalue weighted by Gasteiger charge is -2.32. The molecule has 0 unspecified atom stereocenters. The van der Waals surface area contributed by atoms with E-state index in [1.165, 1.54) is 0 Å². The van der Waals surface area contributed by atoms with Crippen molar-refractivity contribution >= 4 is 28.7 Å². The summed E-state index contributed by atoms with van der Waals surface area (Å²) in [6.45, 7) is 7.86. The van der Waals surface area contributed by atoms with Gasteiger partial charge >= 0.3 is 17.3 Å². The molecule has 2 aliphatic heterocycles. The van der Waals surface area contributed by atoms with Crippen LogP contribution in [0.3, 0.4) is 0 Å². The Morgan fingerprint density at radius 3 is 2.38 bits per heavy atom. The molecule has 7 nitrogen and oxygen atoms in total. The van der Waals surface area contributed by atoms with E-state index in [0.29, 0.717) is 0 Å². The number of amides is 1. The minimum Gasteiger partial charge on any atom is -0.399 e. The van der Waals surface area contributed by atoms with E-state index in [4.69, 9.17) is 9.31 Å². The molecule has 9 heteroatoms. The second kappa shape index (κ2) is 5.55. The second-order valence-corrected chi connectivity index (χ2v) is 8.80. The number of carbonyl (C=O) groups excluding carboxylic acids is 1. The molecule has 2 heterocycles. The van der Waals surface area contributed by atoms with E-state index in [2.05, 4.69) is 0 Å². The molecule has 1 N–H and O–H groups in total. The molecule has 130 valence electrons. The molecule has 3 rings (SSSR count). The van der Waals surface area contributed by atoms with Crippen molar-refractivity contribution in [3.8, 4) is 0 Å². The standard InChI is InChI=1S/C15H21BN2O5S/c1-14(2)15(3,4)23-16(22-14)12-7-5-6-11(8-12)9-18-10-13(19)17-24(18,20)21/h5-8H,9-10H2,1-4H3,(H,17,19). The van der Waals surface area contributed by atoms with Crippen LogP contribution in [0.25, 0.3) is 0 Å². The molecule has 0 spiro atoms. The maximum atomic E-state index is 11.8. The maximum Gasteiger partial charge on any atom is 0.494 e. The fourth-order valence-corrected chi connectivity index (χ4v) is 3.74. The number of hydrogen-bond donors (Lipinski definition) is 1. The summed E-state index contributed by atoms with van der Waals surface area (Å²) in [4.78, 5) is 11.3. The fourth-order valence-electron chi connectivity index (χ4n) is 2.65. The van der Waals surface area contributed by atoms with Gasteiger partial charge in [0.05, 0.1) is 17.7 Å². The lowest BCUT2D eigenvalue weighted by atomic mass is 9.78. The largest absolute Gasteiger partial charge is 0.494 e. The third kappa shape index (κ3) is 3.09. The van der Waals surface area contributed by atoms with Crippen molar-refractivity contribution in [1.82, 2.24) is 9.03 Å². The van der Waals surface area contributed by atoms with E-state index in [9.17, 15) is 13.2 Å². The van der Waals surface area contributed by atoms with Gasteiger partial charge in [0.25, 0.3) is 0 Å². The molecule has 0 radical (unpaired) electrons. The van der Waals surface area contributed by atoms with E-state index in [1.54, 1.807) is 0 Å². The van der Waals surface area contributed by atoms with Crippen LogP contribution in [0.15, 0.2) is 24.3 Å². The average molecular weight is 352 g/mol. The predicted octanol–water partition coefficient (Wildman–Crippen LogP) is 0.162. The smallest absolute Gasteiger partial charge is 0.399 e. The fraction of sp³-hybridized carbons (Fsp3) is 0.533. The van der Waals surface area contributed by atoms with Crippen molar-refractivity contribution in [3.05, 3.63) is 29.8 Å². The topological polar surface area (TPSA) is 84.9 Å². The molecule has 2 fully saturated rings. The Hall–Kier alpha value is -1.42. The van der Waals surface area contributed by atoms with Gasteiger partial charge in [0.1, 0.15) is 0 Å². The molecule has 0 aromatic heterocycles. The van der Waals surface area contributed by atoms with Gasteiger partial charge in [-0.15, -0.1) is 0 Å². The summed E-state index contributed by atoms with van der Waals surface area (Å²) in [6, 6.07) is 7.37. The van der Waals surface area contributed by atoms with Gasteiger partial charge in [-0.05, 0) is 38.7 Å². The lowest BCUT2D eigenvalue weighted by molar-refractivity contribution is -0.118. The van der Waals surface area contributed by atoms with Crippen molar-refractivity contribution in [2.75, 3.05) is 6.54 Å². The normalized spacial score (nSPS) is 25.0. The van der Waals surface area contributed by atoms with Crippen LogP contribution < -0.4 is 10.2 Å². The molecule has 1 amide bonds. The average Bonchev–Trinajstić information content (AvgIpc) is 2.82. The maximum absolute atomic E-state index is 11.8. The van der Waals surface area contributed by atoms with Crippen LogP contribution in [0, 0.1) is 0 Å². The highest BCUT2D eigenvalue weighted by atomic mass is 32.2. The minimum atomic E-state index is -3.73. The molecular formula is C15H21BN2O5S. The summed E-state index contributed by atoms with van der Waals surface area (Å²) in [5.74, 6) is -0.517. The predicted molar refractivity (Wildman–Crippen MR) is 89.6 cm³/mol. The van der Waals surface area contributed by atoms with Crippen molar-refractivity contribution < 1.29 is 22.5 Å². The summed E-state index contributed by atoms with van der Waals surface area (Å²) in [5, 5.41) is 0. The molecule has 2 aliphatic rings. The first-order chi connectivity index (χ1) is 11.0. The van der Waals surface area contributed by atoms with E-state index in [1.807, 2.05) is 56.7 Å². The molecule has 0 bridgehead atoms. The SMILES string of the molecule is CC1(C)OB(c2cccc(CN3CC(=O)NS3(=O)=O)c2)OC1(C)C. The molecular weight excluding hydrogens is 331 g/mol. The quantitative estimate of drug-likeness (QED) is 0.784.